The molecular weight excluding hydrogens is 320 g/mol. The molecule has 0 saturated heterocycles. The van der Waals surface area contributed by atoms with Crippen LogP contribution in [0.5, 0.6) is 0 Å². The van der Waals surface area contributed by atoms with Crippen LogP contribution in [-0.2, 0) is 12.8 Å². The largest absolute Gasteiger partial charge is 0.395 e. The van der Waals surface area contributed by atoms with Crippen molar-refractivity contribution in [1.82, 2.24) is 5.32 Å². The third-order valence-corrected chi connectivity index (χ3v) is 4.82. The molecule has 0 saturated carbocycles. The van der Waals surface area contributed by atoms with E-state index in [4.69, 9.17) is 0 Å². The molecule has 1 aliphatic rings. The van der Waals surface area contributed by atoms with Crippen molar-refractivity contribution in [2.75, 3.05) is 6.61 Å². The number of aryl methyl sites for hydroxylation is 1. The second kappa shape index (κ2) is 7.74. The maximum absolute atomic E-state index is 10.7. The second-order valence-electron chi connectivity index (χ2n) is 6.46. The maximum atomic E-state index is 10.7. The highest BCUT2D eigenvalue weighted by atomic mass is 16.6. The molecule has 1 aliphatic carbocycles. The fourth-order valence-electron chi connectivity index (χ4n) is 3.41. The summed E-state index contributed by atoms with van der Waals surface area (Å²) >= 11 is 0. The van der Waals surface area contributed by atoms with Gasteiger partial charge in [-0.2, -0.15) is 0 Å². The third-order valence-electron chi connectivity index (χ3n) is 4.82. The summed E-state index contributed by atoms with van der Waals surface area (Å²) in [6.07, 6.45) is 1.85. The highest BCUT2D eigenvalue weighted by Gasteiger charge is 2.26. The van der Waals surface area contributed by atoms with Gasteiger partial charge in [0.25, 0.3) is 5.69 Å². The summed E-state index contributed by atoms with van der Waals surface area (Å²) < 4.78 is 0. The fraction of sp³-hybridized carbons (Fsp3) is 0.368. The number of rotatable bonds is 6. The van der Waals surface area contributed by atoms with Gasteiger partial charge in [0.05, 0.1) is 23.7 Å². The Morgan fingerprint density at radius 1 is 1.16 bits per heavy atom. The van der Waals surface area contributed by atoms with Gasteiger partial charge >= 0.3 is 0 Å². The molecule has 0 aliphatic heterocycles. The van der Waals surface area contributed by atoms with Gasteiger partial charge < -0.3 is 15.5 Å². The van der Waals surface area contributed by atoms with Crippen LogP contribution in [0.3, 0.4) is 0 Å². The van der Waals surface area contributed by atoms with Gasteiger partial charge in [0.1, 0.15) is 0 Å². The first-order valence-corrected chi connectivity index (χ1v) is 8.44. The van der Waals surface area contributed by atoms with Gasteiger partial charge in [-0.25, -0.2) is 0 Å². The minimum Gasteiger partial charge on any atom is -0.395 e. The first kappa shape index (κ1) is 17.5. The Kier molecular flexibility index (Phi) is 5.43. The van der Waals surface area contributed by atoms with Crippen LogP contribution in [0.2, 0.25) is 0 Å². The molecule has 0 fully saturated rings. The number of nitro benzene ring substituents is 1. The van der Waals surface area contributed by atoms with Crippen molar-refractivity contribution in [3.05, 3.63) is 75.3 Å². The maximum Gasteiger partial charge on any atom is 0.269 e. The molecule has 3 unspecified atom stereocenters. The van der Waals surface area contributed by atoms with Crippen molar-refractivity contribution in [2.24, 2.45) is 0 Å². The number of nitro groups is 1. The van der Waals surface area contributed by atoms with Gasteiger partial charge in [0.2, 0.25) is 0 Å². The van der Waals surface area contributed by atoms with E-state index in [0.29, 0.717) is 5.56 Å². The number of hydrogen-bond donors (Lipinski definition) is 3. The summed E-state index contributed by atoms with van der Waals surface area (Å²) in [4.78, 5) is 10.3. The van der Waals surface area contributed by atoms with E-state index in [1.54, 1.807) is 0 Å². The number of non-ortho nitro benzene ring substituents is 1. The minimum absolute atomic E-state index is 0.0201. The third kappa shape index (κ3) is 4.04. The predicted octanol–water partition coefficient (Wildman–Crippen LogP) is 2.14. The average Bonchev–Trinajstić information content (AvgIpc) is 2.65. The number of hydrogen-bond acceptors (Lipinski definition) is 5. The lowest BCUT2D eigenvalue weighted by Crippen LogP contribution is -2.46. The van der Waals surface area contributed by atoms with Gasteiger partial charge in [0.15, 0.2) is 0 Å². The van der Waals surface area contributed by atoms with Crippen LogP contribution in [0.1, 0.15) is 29.2 Å². The summed E-state index contributed by atoms with van der Waals surface area (Å²) in [5, 5.41) is 34.3. The van der Waals surface area contributed by atoms with E-state index in [0.717, 1.165) is 19.3 Å². The van der Waals surface area contributed by atoms with Gasteiger partial charge in [-0.05, 0) is 48.1 Å². The highest BCUT2D eigenvalue weighted by molar-refractivity contribution is 5.34. The van der Waals surface area contributed by atoms with Crippen LogP contribution >= 0.6 is 0 Å². The van der Waals surface area contributed by atoms with Crippen LogP contribution in [0.15, 0.2) is 48.5 Å². The Balaban J connectivity index is 1.67. The SMILES string of the molecule is O=[N+]([O-])c1ccc(C(O)C(CO)NC2CCc3ccccc3C2)cc1. The van der Waals surface area contributed by atoms with Crippen LogP contribution in [0.25, 0.3) is 0 Å². The molecule has 0 spiro atoms. The molecule has 0 aromatic heterocycles. The summed E-state index contributed by atoms with van der Waals surface area (Å²) in [6, 6.07) is 13.8. The minimum atomic E-state index is -0.928. The van der Waals surface area contributed by atoms with Crippen molar-refractivity contribution in [3.8, 4) is 0 Å². The number of nitrogens with zero attached hydrogens (tertiary/aromatic N) is 1. The normalized spacial score (nSPS) is 19.0. The molecule has 0 radical (unpaired) electrons. The topological polar surface area (TPSA) is 95.6 Å². The number of aliphatic hydroxyl groups excluding tert-OH is 2. The van der Waals surface area contributed by atoms with Crippen molar-refractivity contribution < 1.29 is 15.1 Å². The van der Waals surface area contributed by atoms with E-state index in [9.17, 15) is 20.3 Å². The number of aliphatic hydroxyl groups is 2. The molecule has 2 aromatic rings. The Labute approximate surface area is 146 Å². The molecule has 6 heteroatoms. The lowest BCUT2D eigenvalue weighted by Gasteiger charge is -2.31. The molecule has 25 heavy (non-hydrogen) atoms. The van der Waals surface area contributed by atoms with Gasteiger partial charge in [-0.3, -0.25) is 10.1 Å². The summed E-state index contributed by atoms with van der Waals surface area (Å²) in [7, 11) is 0. The van der Waals surface area contributed by atoms with Gasteiger partial charge in [-0.15, -0.1) is 0 Å². The quantitative estimate of drug-likeness (QED) is 0.552. The number of fused-ring (bicyclic) bond motifs is 1. The zero-order valence-electron chi connectivity index (χ0n) is 13.8. The van der Waals surface area contributed by atoms with E-state index < -0.39 is 17.1 Å². The van der Waals surface area contributed by atoms with Gasteiger partial charge in [0, 0.05) is 18.2 Å². The number of benzene rings is 2. The Hall–Kier alpha value is -2.28. The molecule has 0 amide bonds. The Morgan fingerprint density at radius 3 is 2.48 bits per heavy atom. The predicted molar refractivity (Wildman–Crippen MR) is 94.3 cm³/mol. The fourth-order valence-corrected chi connectivity index (χ4v) is 3.41. The summed E-state index contributed by atoms with van der Waals surface area (Å²) in [6.45, 7) is -0.212. The molecule has 3 rings (SSSR count). The molecule has 3 atom stereocenters. The van der Waals surface area contributed by atoms with Crippen molar-refractivity contribution >= 4 is 5.69 Å². The molecule has 3 N–H and O–H groups in total. The first-order chi connectivity index (χ1) is 12.1. The molecule has 2 aromatic carbocycles. The Bertz CT molecular complexity index is 732. The molecular formula is C19H22N2O4. The monoisotopic (exact) mass is 342 g/mol. The van der Waals surface area contributed by atoms with Crippen LogP contribution in [-0.4, -0.2) is 33.8 Å². The van der Waals surface area contributed by atoms with E-state index in [-0.39, 0.29) is 18.3 Å². The summed E-state index contributed by atoms with van der Waals surface area (Å²) in [5.41, 5.74) is 3.19. The van der Waals surface area contributed by atoms with Gasteiger partial charge in [-0.1, -0.05) is 24.3 Å². The van der Waals surface area contributed by atoms with Crippen molar-refractivity contribution in [1.29, 1.82) is 0 Å². The summed E-state index contributed by atoms with van der Waals surface area (Å²) in [5.74, 6) is 0. The molecule has 6 nitrogen and oxygen atoms in total. The standard InChI is InChI=1S/C19H22N2O4/c22-12-18(19(23)14-6-9-17(10-7-14)21(24)25)20-16-8-5-13-3-1-2-4-15(13)11-16/h1-4,6-7,9-10,16,18-20,22-23H,5,8,11-12H2. The van der Waals surface area contributed by atoms with E-state index in [2.05, 4.69) is 17.4 Å². The first-order valence-electron chi connectivity index (χ1n) is 8.44. The average molecular weight is 342 g/mol. The van der Waals surface area contributed by atoms with E-state index in [1.165, 1.54) is 35.4 Å². The lowest BCUT2D eigenvalue weighted by atomic mass is 9.87. The van der Waals surface area contributed by atoms with Crippen LogP contribution in [0.4, 0.5) is 5.69 Å². The Morgan fingerprint density at radius 2 is 1.84 bits per heavy atom. The molecule has 0 bridgehead atoms. The van der Waals surface area contributed by atoms with E-state index in [1.807, 2.05) is 12.1 Å². The highest BCUT2D eigenvalue weighted by Crippen LogP contribution is 2.24. The number of nitrogens with one attached hydrogen (secondary N) is 1. The lowest BCUT2D eigenvalue weighted by molar-refractivity contribution is -0.384. The van der Waals surface area contributed by atoms with Crippen molar-refractivity contribution in [3.63, 3.8) is 0 Å². The van der Waals surface area contributed by atoms with Crippen LogP contribution < -0.4 is 5.32 Å². The van der Waals surface area contributed by atoms with E-state index >= 15 is 0 Å². The zero-order valence-corrected chi connectivity index (χ0v) is 13.8. The van der Waals surface area contributed by atoms with Crippen LogP contribution in [0, 0.1) is 10.1 Å². The smallest absolute Gasteiger partial charge is 0.269 e. The van der Waals surface area contributed by atoms with Crippen molar-refractivity contribution in [2.45, 2.75) is 37.5 Å². The zero-order chi connectivity index (χ0) is 17.8. The molecule has 0 heterocycles. The molecule has 132 valence electrons. The second-order valence-corrected chi connectivity index (χ2v) is 6.46.